The molecule has 0 aromatic heterocycles. The molecule has 0 N–H and O–H groups in total. The lowest BCUT2D eigenvalue weighted by Gasteiger charge is -1.85. The van der Waals surface area contributed by atoms with Crippen molar-refractivity contribution >= 4 is 12.9 Å². The molecule has 0 aromatic carbocycles. The first kappa shape index (κ1) is 8.50. The summed E-state index contributed by atoms with van der Waals surface area (Å²) in [7, 11) is 0. The third-order valence-electron chi connectivity index (χ3n) is 0.572. The zero-order valence-corrected chi connectivity index (χ0v) is 5.20. The molecule has 0 amide bonds. The number of rotatable bonds is 4. The third kappa shape index (κ3) is 6.50. The Balaban J connectivity index is 3.13. The van der Waals surface area contributed by atoms with Crippen molar-refractivity contribution < 1.29 is 19.1 Å². The fraction of sp³-hybridized carbons (Fsp3) is 0.333. The van der Waals surface area contributed by atoms with Gasteiger partial charge in [-0.25, -0.2) is 0 Å². The van der Waals surface area contributed by atoms with E-state index in [1.54, 1.807) is 0 Å². The Hall–Kier alpha value is -1.50. The van der Waals surface area contributed by atoms with Crippen molar-refractivity contribution in [2.24, 2.45) is 0 Å². The minimum atomic E-state index is 0.0334. The number of carbonyl (C=O) groups is 2. The van der Waals surface area contributed by atoms with E-state index in [1.807, 2.05) is 0 Å². The molecule has 0 saturated carbocycles. The van der Waals surface area contributed by atoms with Crippen LogP contribution in [-0.4, -0.2) is 26.2 Å². The first-order chi connectivity index (χ1) is 4.91. The molecule has 54 valence electrons. The van der Waals surface area contributed by atoms with Gasteiger partial charge in [-0.1, -0.05) is 11.8 Å². The molecule has 0 fully saturated rings. The maximum absolute atomic E-state index is 9.52. The lowest BCUT2D eigenvalue weighted by Crippen LogP contribution is -1.89. The standard InChI is InChI=1S/C6H6O4/c7-5-9-3-1-2-4-10-6-8/h5-6H,3-4H2. The number of ether oxygens (including phenoxy) is 2. The van der Waals surface area contributed by atoms with Crippen LogP contribution in [0.1, 0.15) is 0 Å². The lowest BCUT2D eigenvalue weighted by atomic mass is 10.6. The van der Waals surface area contributed by atoms with Crippen molar-refractivity contribution in [3.8, 4) is 11.8 Å². The van der Waals surface area contributed by atoms with Gasteiger partial charge in [0.25, 0.3) is 12.9 Å². The number of hydrogen-bond acceptors (Lipinski definition) is 4. The highest BCUT2D eigenvalue weighted by atomic mass is 16.5. The van der Waals surface area contributed by atoms with E-state index in [0.29, 0.717) is 12.9 Å². The minimum absolute atomic E-state index is 0.0334. The molecule has 0 aliphatic heterocycles. The lowest BCUT2D eigenvalue weighted by molar-refractivity contribution is -0.128. The summed E-state index contributed by atoms with van der Waals surface area (Å²) < 4.78 is 8.43. The fourth-order valence-electron chi connectivity index (χ4n) is 0.253. The fourth-order valence-corrected chi connectivity index (χ4v) is 0.253. The van der Waals surface area contributed by atoms with E-state index >= 15 is 0 Å². The monoisotopic (exact) mass is 142 g/mol. The van der Waals surface area contributed by atoms with Crippen LogP contribution in [-0.2, 0) is 19.1 Å². The van der Waals surface area contributed by atoms with Crippen LogP contribution in [0.2, 0.25) is 0 Å². The highest BCUT2D eigenvalue weighted by Gasteiger charge is 1.73. The van der Waals surface area contributed by atoms with Crippen LogP contribution in [0.3, 0.4) is 0 Å². The van der Waals surface area contributed by atoms with Crippen LogP contribution in [0.5, 0.6) is 0 Å². The van der Waals surface area contributed by atoms with Crippen LogP contribution in [0.4, 0.5) is 0 Å². The molecule has 0 atom stereocenters. The van der Waals surface area contributed by atoms with Crippen LogP contribution < -0.4 is 0 Å². The second kappa shape index (κ2) is 7.50. The normalized spacial score (nSPS) is 6.80. The number of hydrogen-bond donors (Lipinski definition) is 0. The van der Waals surface area contributed by atoms with Crippen LogP contribution in [0.25, 0.3) is 0 Å². The first-order valence-electron chi connectivity index (χ1n) is 2.48. The minimum Gasteiger partial charge on any atom is -0.455 e. The van der Waals surface area contributed by atoms with Crippen LogP contribution >= 0.6 is 0 Å². The highest BCUT2D eigenvalue weighted by molar-refractivity contribution is 5.38. The summed E-state index contributed by atoms with van der Waals surface area (Å²) >= 11 is 0. The second-order valence-electron chi connectivity index (χ2n) is 1.17. The first-order valence-corrected chi connectivity index (χ1v) is 2.48. The van der Waals surface area contributed by atoms with Gasteiger partial charge in [0.15, 0.2) is 13.2 Å². The maximum Gasteiger partial charge on any atom is 0.294 e. The molecule has 0 heterocycles. The van der Waals surface area contributed by atoms with E-state index in [1.165, 1.54) is 0 Å². The van der Waals surface area contributed by atoms with Gasteiger partial charge in [-0.15, -0.1) is 0 Å². The van der Waals surface area contributed by atoms with E-state index in [-0.39, 0.29) is 13.2 Å². The number of carbonyl (C=O) groups excluding carboxylic acids is 2. The van der Waals surface area contributed by atoms with Crippen molar-refractivity contribution in [2.75, 3.05) is 13.2 Å². The zero-order valence-electron chi connectivity index (χ0n) is 5.20. The molecule has 0 spiro atoms. The van der Waals surface area contributed by atoms with Crippen molar-refractivity contribution in [1.82, 2.24) is 0 Å². The maximum atomic E-state index is 9.52. The van der Waals surface area contributed by atoms with Gasteiger partial charge in [-0.3, -0.25) is 9.59 Å². The van der Waals surface area contributed by atoms with Gasteiger partial charge in [0.05, 0.1) is 0 Å². The Kier molecular flexibility index (Phi) is 6.38. The van der Waals surface area contributed by atoms with E-state index in [0.717, 1.165) is 0 Å². The van der Waals surface area contributed by atoms with Gasteiger partial charge < -0.3 is 9.47 Å². The van der Waals surface area contributed by atoms with E-state index in [4.69, 9.17) is 0 Å². The van der Waals surface area contributed by atoms with Gasteiger partial charge in [0.2, 0.25) is 0 Å². The summed E-state index contributed by atoms with van der Waals surface area (Å²) in [4.78, 5) is 19.0. The molecule has 4 heteroatoms. The van der Waals surface area contributed by atoms with Crippen molar-refractivity contribution in [3.05, 3.63) is 0 Å². The summed E-state index contributed by atoms with van der Waals surface area (Å²) in [5.74, 6) is 4.87. The third-order valence-corrected chi connectivity index (χ3v) is 0.572. The van der Waals surface area contributed by atoms with E-state index < -0.39 is 0 Å². The molecular formula is C6H6O4. The van der Waals surface area contributed by atoms with Gasteiger partial charge in [0, 0.05) is 0 Å². The molecule has 0 aromatic rings. The van der Waals surface area contributed by atoms with Crippen molar-refractivity contribution in [3.63, 3.8) is 0 Å². The summed E-state index contributed by atoms with van der Waals surface area (Å²) in [5, 5.41) is 0. The average Bonchev–Trinajstić information content (AvgIpc) is 1.97. The van der Waals surface area contributed by atoms with Gasteiger partial charge in [-0.2, -0.15) is 0 Å². The molecule has 0 aliphatic carbocycles. The Labute approximate surface area is 58.1 Å². The predicted molar refractivity (Wildman–Crippen MR) is 31.8 cm³/mol. The Bertz CT molecular complexity index is 137. The van der Waals surface area contributed by atoms with Gasteiger partial charge in [0.1, 0.15) is 0 Å². The second-order valence-corrected chi connectivity index (χ2v) is 1.17. The Morgan fingerprint density at radius 2 is 1.40 bits per heavy atom. The van der Waals surface area contributed by atoms with Gasteiger partial charge >= 0.3 is 0 Å². The van der Waals surface area contributed by atoms with Gasteiger partial charge in [-0.05, 0) is 0 Å². The molecule has 0 unspecified atom stereocenters. The molecule has 4 nitrogen and oxygen atoms in total. The average molecular weight is 142 g/mol. The summed E-state index contributed by atoms with van der Waals surface area (Å²) in [5.41, 5.74) is 0. The molecule has 10 heavy (non-hydrogen) atoms. The zero-order chi connectivity index (χ0) is 7.66. The molecule has 0 bridgehead atoms. The SMILES string of the molecule is O=COCC#CCOC=O. The van der Waals surface area contributed by atoms with Crippen molar-refractivity contribution in [2.45, 2.75) is 0 Å². The molecule has 0 rings (SSSR count). The van der Waals surface area contributed by atoms with E-state index in [9.17, 15) is 9.59 Å². The largest absolute Gasteiger partial charge is 0.455 e. The molecule has 0 radical (unpaired) electrons. The summed E-state index contributed by atoms with van der Waals surface area (Å²) in [6.07, 6.45) is 0. The molecular weight excluding hydrogens is 136 g/mol. The predicted octanol–water partition coefficient (Wildman–Crippen LogP) is -0.664. The van der Waals surface area contributed by atoms with E-state index in [2.05, 4.69) is 21.3 Å². The summed E-state index contributed by atoms with van der Waals surface area (Å²) in [6.45, 7) is 0.669. The van der Waals surface area contributed by atoms with Crippen molar-refractivity contribution in [1.29, 1.82) is 0 Å². The summed E-state index contributed by atoms with van der Waals surface area (Å²) in [6, 6.07) is 0. The molecule has 0 aliphatic rings. The van der Waals surface area contributed by atoms with Crippen LogP contribution in [0, 0.1) is 11.8 Å². The Morgan fingerprint density at radius 1 is 1.00 bits per heavy atom. The van der Waals surface area contributed by atoms with Crippen LogP contribution in [0.15, 0.2) is 0 Å². The highest BCUT2D eigenvalue weighted by Crippen LogP contribution is 1.65. The Morgan fingerprint density at radius 3 is 1.70 bits per heavy atom. The topological polar surface area (TPSA) is 52.6 Å². The smallest absolute Gasteiger partial charge is 0.294 e. The quantitative estimate of drug-likeness (QED) is 0.297. The molecule has 0 saturated heterocycles.